The molecule has 0 atom stereocenters. The summed E-state index contributed by atoms with van der Waals surface area (Å²) in [6.07, 6.45) is 5.60. The molecule has 1 fully saturated rings. The van der Waals surface area contributed by atoms with E-state index in [-0.39, 0.29) is 0 Å². The van der Waals surface area contributed by atoms with Crippen LogP contribution in [0.25, 0.3) is 0 Å². The second kappa shape index (κ2) is 5.62. The molecule has 1 N–H and O–H groups in total. The molecular weight excluding hydrogens is 164 g/mol. The van der Waals surface area contributed by atoms with Crippen LogP contribution in [0.4, 0.5) is 0 Å². The van der Waals surface area contributed by atoms with Gasteiger partial charge >= 0.3 is 0 Å². The first-order valence-electron chi connectivity index (χ1n) is 4.99. The molecule has 1 heterocycles. The zero-order chi connectivity index (χ0) is 9.52. The predicted octanol–water partition coefficient (Wildman–Crippen LogP) is 2.61. The van der Waals surface area contributed by atoms with Gasteiger partial charge in [0.2, 0.25) is 5.88 Å². The molecule has 0 aliphatic heterocycles. The fourth-order valence-corrected chi connectivity index (χ4v) is 0.816. The average molecular weight is 182 g/mol. The summed E-state index contributed by atoms with van der Waals surface area (Å²) < 4.78 is 5.35. The molecule has 1 saturated carbocycles. The fraction of sp³-hybridized carbons (Fsp3) is 0.700. The van der Waals surface area contributed by atoms with Crippen molar-refractivity contribution in [3.05, 3.63) is 12.3 Å². The van der Waals surface area contributed by atoms with Gasteiger partial charge in [-0.2, -0.15) is 5.10 Å². The summed E-state index contributed by atoms with van der Waals surface area (Å²) >= 11 is 0. The highest BCUT2D eigenvalue weighted by Crippen LogP contribution is 2.28. The average Bonchev–Trinajstić information content (AvgIpc) is 2.80. The van der Waals surface area contributed by atoms with Gasteiger partial charge in [-0.25, -0.2) is 5.10 Å². The van der Waals surface area contributed by atoms with E-state index in [9.17, 15) is 0 Å². The standard InChI is InChI=1S/C7H10N2O.C3H8/c1-2-6(1)5-10-7-3-4-8-9-7;1-3-2/h3-4,6H,1-2,5H2,(H,8,9);3H2,1-2H3. The molecule has 0 unspecified atom stereocenters. The maximum Gasteiger partial charge on any atom is 0.209 e. The van der Waals surface area contributed by atoms with Crippen LogP contribution >= 0.6 is 0 Å². The summed E-state index contributed by atoms with van der Waals surface area (Å²) in [5, 5.41) is 6.52. The van der Waals surface area contributed by atoms with Crippen molar-refractivity contribution in [1.82, 2.24) is 10.2 Å². The molecule has 0 amide bonds. The lowest BCUT2D eigenvalue weighted by molar-refractivity contribution is 0.288. The maximum atomic E-state index is 5.35. The topological polar surface area (TPSA) is 37.9 Å². The van der Waals surface area contributed by atoms with E-state index in [0.717, 1.165) is 18.4 Å². The van der Waals surface area contributed by atoms with Crippen molar-refractivity contribution in [3.8, 4) is 5.88 Å². The predicted molar refractivity (Wildman–Crippen MR) is 52.8 cm³/mol. The minimum atomic E-state index is 0.784. The van der Waals surface area contributed by atoms with Gasteiger partial charge in [0.15, 0.2) is 0 Å². The largest absolute Gasteiger partial charge is 0.478 e. The Labute approximate surface area is 79.5 Å². The van der Waals surface area contributed by atoms with Crippen LogP contribution in [0, 0.1) is 5.92 Å². The van der Waals surface area contributed by atoms with Crippen LogP contribution < -0.4 is 4.74 Å². The van der Waals surface area contributed by atoms with Crippen LogP contribution in [0.15, 0.2) is 12.3 Å². The quantitative estimate of drug-likeness (QED) is 0.780. The van der Waals surface area contributed by atoms with E-state index in [1.165, 1.54) is 19.3 Å². The molecule has 1 aromatic heterocycles. The van der Waals surface area contributed by atoms with Crippen molar-refractivity contribution in [1.29, 1.82) is 0 Å². The summed E-state index contributed by atoms with van der Waals surface area (Å²) in [4.78, 5) is 0. The molecule has 3 nitrogen and oxygen atoms in total. The highest BCUT2D eigenvalue weighted by Gasteiger charge is 2.21. The van der Waals surface area contributed by atoms with Crippen molar-refractivity contribution >= 4 is 0 Å². The van der Waals surface area contributed by atoms with Gasteiger partial charge in [0.05, 0.1) is 12.8 Å². The van der Waals surface area contributed by atoms with Gasteiger partial charge in [0, 0.05) is 6.07 Å². The Morgan fingerprint density at radius 3 is 2.69 bits per heavy atom. The van der Waals surface area contributed by atoms with Gasteiger partial charge in [0.1, 0.15) is 0 Å². The Hall–Kier alpha value is -0.990. The summed E-state index contributed by atoms with van der Waals surface area (Å²) in [6.45, 7) is 5.10. The number of hydrogen-bond donors (Lipinski definition) is 1. The van der Waals surface area contributed by atoms with Crippen LogP contribution in [0.5, 0.6) is 5.88 Å². The third kappa shape index (κ3) is 4.55. The van der Waals surface area contributed by atoms with Gasteiger partial charge in [-0.05, 0) is 18.8 Å². The van der Waals surface area contributed by atoms with Crippen LogP contribution in [-0.2, 0) is 0 Å². The van der Waals surface area contributed by atoms with Crippen molar-refractivity contribution in [3.63, 3.8) is 0 Å². The molecule has 0 aromatic carbocycles. The number of hydrogen-bond acceptors (Lipinski definition) is 2. The minimum absolute atomic E-state index is 0.784. The lowest BCUT2D eigenvalue weighted by Crippen LogP contribution is -1.98. The molecule has 0 radical (unpaired) electrons. The number of nitrogens with zero attached hydrogens (tertiary/aromatic N) is 1. The van der Waals surface area contributed by atoms with Gasteiger partial charge in [-0.15, -0.1) is 0 Å². The number of aromatic amines is 1. The number of rotatable bonds is 3. The Bertz CT molecular complexity index is 205. The Balaban J connectivity index is 0.000000251. The SMILES string of the molecule is CCC.c1cc(OCC2CC2)[nH]n1. The van der Waals surface area contributed by atoms with Crippen molar-refractivity contribution in [2.75, 3.05) is 6.61 Å². The molecule has 0 spiro atoms. The van der Waals surface area contributed by atoms with Crippen LogP contribution in [0.3, 0.4) is 0 Å². The summed E-state index contributed by atoms with van der Waals surface area (Å²) in [5.74, 6) is 1.59. The van der Waals surface area contributed by atoms with Crippen LogP contribution in [-0.4, -0.2) is 16.8 Å². The zero-order valence-corrected chi connectivity index (χ0v) is 8.42. The summed E-state index contributed by atoms with van der Waals surface area (Å²) in [7, 11) is 0. The van der Waals surface area contributed by atoms with Gasteiger partial charge in [-0.3, -0.25) is 0 Å². The molecule has 0 saturated heterocycles. The van der Waals surface area contributed by atoms with Crippen molar-refractivity contribution < 1.29 is 4.74 Å². The number of nitrogens with one attached hydrogen (secondary N) is 1. The van der Waals surface area contributed by atoms with E-state index in [1.54, 1.807) is 6.20 Å². The maximum absolute atomic E-state index is 5.35. The van der Waals surface area contributed by atoms with Crippen molar-refractivity contribution in [2.24, 2.45) is 5.92 Å². The summed E-state index contributed by atoms with van der Waals surface area (Å²) in [6, 6.07) is 1.84. The first-order chi connectivity index (χ1) is 6.36. The monoisotopic (exact) mass is 182 g/mol. The zero-order valence-electron chi connectivity index (χ0n) is 8.42. The van der Waals surface area contributed by atoms with Gasteiger partial charge < -0.3 is 4.74 Å². The fourth-order valence-electron chi connectivity index (χ4n) is 0.816. The molecule has 0 bridgehead atoms. The number of ether oxygens (including phenoxy) is 1. The van der Waals surface area contributed by atoms with E-state index in [4.69, 9.17) is 4.74 Å². The van der Waals surface area contributed by atoms with Crippen LogP contribution in [0.2, 0.25) is 0 Å². The third-order valence-electron chi connectivity index (χ3n) is 1.65. The lowest BCUT2D eigenvalue weighted by atomic mass is 10.5. The molecular formula is C10H18N2O. The Kier molecular flexibility index (Phi) is 4.36. The molecule has 3 heteroatoms. The van der Waals surface area contributed by atoms with Crippen molar-refractivity contribution in [2.45, 2.75) is 33.1 Å². The molecule has 74 valence electrons. The van der Waals surface area contributed by atoms with E-state index >= 15 is 0 Å². The van der Waals surface area contributed by atoms with E-state index < -0.39 is 0 Å². The second-order valence-corrected chi connectivity index (χ2v) is 3.38. The molecule has 2 rings (SSSR count). The van der Waals surface area contributed by atoms with Gasteiger partial charge in [-0.1, -0.05) is 20.3 Å². The third-order valence-corrected chi connectivity index (χ3v) is 1.65. The number of H-pyrrole nitrogens is 1. The van der Waals surface area contributed by atoms with Gasteiger partial charge in [0.25, 0.3) is 0 Å². The molecule has 1 aromatic rings. The first-order valence-corrected chi connectivity index (χ1v) is 4.99. The van der Waals surface area contributed by atoms with E-state index in [0.29, 0.717) is 0 Å². The Morgan fingerprint density at radius 1 is 1.54 bits per heavy atom. The molecule has 1 aliphatic rings. The van der Waals surface area contributed by atoms with E-state index in [1.807, 2.05) is 6.07 Å². The number of aromatic nitrogens is 2. The molecule has 13 heavy (non-hydrogen) atoms. The minimum Gasteiger partial charge on any atom is -0.478 e. The second-order valence-electron chi connectivity index (χ2n) is 3.38. The summed E-state index contributed by atoms with van der Waals surface area (Å²) in [5.41, 5.74) is 0. The highest BCUT2D eigenvalue weighted by atomic mass is 16.5. The molecule has 1 aliphatic carbocycles. The highest BCUT2D eigenvalue weighted by molar-refractivity contribution is 5.04. The normalized spacial score (nSPS) is 14.6. The smallest absolute Gasteiger partial charge is 0.209 e. The Morgan fingerprint density at radius 2 is 2.23 bits per heavy atom. The lowest BCUT2D eigenvalue weighted by Gasteiger charge is -1.98. The van der Waals surface area contributed by atoms with Crippen LogP contribution in [0.1, 0.15) is 33.1 Å². The first kappa shape index (κ1) is 10.1. The van der Waals surface area contributed by atoms with E-state index in [2.05, 4.69) is 24.0 Å².